The third-order valence-electron chi connectivity index (χ3n) is 2.68. The summed E-state index contributed by atoms with van der Waals surface area (Å²) in [5, 5.41) is 2.01. The first-order chi connectivity index (χ1) is 7.74. The van der Waals surface area contributed by atoms with Gasteiger partial charge in [-0.1, -0.05) is 24.3 Å². The zero-order chi connectivity index (χ0) is 11.5. The van der Waals surface area contributed by atoms with Crippen molar-refractivity contribution in [3.8, 4) is 5.75 Å². The highest BCUT2D eigenvalue weighted by molar-refractivity contribution is 7.10. The van der Waals surface area contributed by atoms with Crippen LogP contribution in [-0.4, -0.2) is 7.11 Å². The molecule has 0 saturated heterocycles. The molecule has 0 bridgehead atoms. The van der Waals surface area contributed by atoms with Crippen LogP contribution in [0.4, 0.5) is 0 Å². The second-order valence-electron chi connectivity index (χ2n) is 3.69. The summed E-state index contributed by atoms with van der Waals surface area (Å²) in [6.07, 6.45) is 0. The van der Waals surface area contributed by atoms with E-state index in [9.17, 15) is 0 Å². The van der Waals surface area contributed by atoms with E-state index in [1.54, 1.807) is 18.4 Å². The van der Waals surface area contributed by atoms with Gasteiger partial charge in [0.05, 0.1) is 18.0 Å². The third-order valence-corrected chi connectivity index (χ3v) is 3.66. The highest BCUT2D eigenvalue weighted by Gasteiger charge is 2.16. The lowest BCUT2D eigenvalue weighted by atomic mass is 10.0. The molecule has 2 nitrogen and oxygen atoms in total. The summed E-state index contributed by atoms with van der Waals surface area (Å²) >= 11 is 1.64. The molecule has 0 saturated carbocycles. The fourth-order valence-electron chi connectivity index (χ4n) is 1.78. The number of aryl methyl sites for hydroxylation is 1. The summed E-state index contributed by atoms with van der Waals surface area (Å²) in [5.74, 6) is 0.876. The van der Waals surface area contributed by atoms with Crippen molar-refractivity contribution in [3.05, 3.63) is 51.7 Å². The van der Waals surface area contributed by atoms with Gasteiger partial charge in [-0.15, -0.1) is 11.3 Å². The van der Waals surface area contributed by atoms with Gasteiger partial charge >= 0.3 is 0 Å². The lowest BCUT2D eigenvalue weighted by Crippen LogP contribution is -2.12. The summed E-state index contributed by atoms with van der Waals surface area (Å²) in [5.41, 5.74) is 8.64. The van der Waals surface area contributed by atoms with Crippen LogP contribution in [0.3, 0.4) is 0 Å². The molecule has 3 heteroatoms. The second-order valence-corrected chi connectivity index (χ2v) is 4.64. The predicted molar refractivity (Wildman–Crippen MR) is 68.1 cm³/mol. The van der Waals surface area contributed by atoms with E-state index >= 15 is 0 Å². The molecule has 1 aromatic carbocycles. The quantitative estimate of drug-likeness (QED) is 0.884. The van der Waals surface area contributed by atoms with Crippen LogP contribution in [0.15, 0.2) is 35.7 Å². The molecule has 0 radical (unpaired) electrons. The minimum Gasteiger partial charge on any atom is -0.496 e. The first kappa shape index (κ1) is 11.2. The van der Waals surface area contributed by atoms with Crippen LogP contribution in [0, 0.1) is 6.92 Å². The van der Waals surface area contributed by atoms with Gasteiger partial charge in [0.25, 0.3) is 0 Å². The Morgan fingerprint density at radius 1 is 1.25 bits per heavy atom. The average Bonchev–Trinajstić information content (AvgIpc) is 2.77. The fourth-order valence-corrected chi connectivity index (χ4v) is 2.66. The molecule has 1 heterocycles. The molecule has 0 aliphatic carbocycles. The van der Waals surface area contributed by atoms with Crippen molar-refractivity contribution in [1.82, 2.24) is 0 Å². The molecule has 1 aromatic heterocycles. The van der Waals surface area contributed by atoms with Gasteiger partial charge in [-0.05, 0) is 29.5 Å². The van der Waals surface area contributed by atoms with Gasteiger partial charge in [0.15, 0.2) is 0 Å². The van der Waals surface area contributed by atoms with E-state index in [1.807, 2.05) is 23.6 Å². The van der Waals surface area contributed by atoms with Crippen molar-refractivity contribution >= 4 is 11.3 Å². The Labute approximate surface area is 99.7 Å². The van der Waals surface area contributed by atoms with Gasteiger partial charge in [-0.3, -0.25) is 0 Å². The molecule has 1 unspecified atom stereocenters. The summed E-state index contributed by atoms with van der Waals surface area (Å²) in [6, 6.07) is 10.0. The van der Waals surface area contributed by atoms with Crippen LogP contribution in [0.1, 0.15) is 22.0 Å². The number of hydrogen-bond acceptors (Lipinski definition) is 3. The maximum Gasteiger partial charge on any atom is 0.134 e. The summed E-state index contributed by atoms with van der Waals surface area (Å²) in [4.78, 5) is 1.08. The van der Waals surface area contributed by atoms with E-state index in [4.69, 9.17) is 10.5 Å². The summed E-state index contributed by atoms with van der Waals surface area (Å²) in [6.45, 7) is 2.08. The molecule has 16 heavy (non-hydrogen) atoms. The number of nitrogens with two attached hydrogens (primary N) is 1. The molecule has 0 aliphatic heterocycles. The molecular weight excluding hydrogens is 218 g/mol. The second kappa shape index (κ2) is 4.68. The van der Waals surface area contributed by atoms with Crippen molar-refractivity contribution in [3.63, 3.8) is 0 Å². The number of benzene rings is 1. The Kier molecular flexibility index (Phi) is 3.27. The van der Waals surface area contributed by atoms with Gasteiger partial charge in [-0.25, -0.2) is 0 Å². The Balaban J connectivity index is 2.39. The number of thiophene rings is 1. The Bertz CT molecular complexity index is 478. The minimum atomic E-state index is -0.101. The average molecular weight is 233 g/mol. The standard InChI is InChI=1S/C13H15NOS/c1-9-5-3-4-6-10(9)12(14)13-11(15-2)7-8-16-13/h3-8,12H,14H2,1-2H3. The molecule has 0 fully saturated rings. The zero-order valence-corrected chi connectivity index (χ0v) is 10.3. The molecule has 0 aliphatic rings. The summed E-state index contributed by atoms with van der Waals surface area (Å²) < 4.78 is 5.30. The zero-order valence-electron chi connectivity index (χ0n) is 9.44. The van der Waals surface area contributed by atoms with Crippen LogP contribution in [0.25, 0.3) is 0 Å². The molecule has 0 amide bonds. The molecule has 2 aromatic rings. The van der Waals surface area contributed by atoms with E-state index in [2.05, 4.69) is 19.1 Å². The van der Waals surface area contributed by atoms with E-state index < -0.39 is 0 Å². The van der Waals surface area contributed by atoms with E-state index in [0.29, 0.717) is 0 Å². The normalized spacial score (nSPS) is 12.4. The van der Waals surface area contributed by atoms with Crippen molar-refractivity contribution in [1.29, 1.82) is 0 Å². The van der Waals surface area contributed by atoms with Gasteiger partial charge in [0.1, 0.15) is 5.75 Å². The van der Waals surface area contributed by atoms with Crippen molar-refractivity contribution in [2.75, 3.05) is 7.11 Å². The van der Waals surface area contributed by atoms with Gasteiger partial charge in [0.2, 0.25) is 0 Å². The Hall–Kier alpha value is -1.32. The lowest BCUT2D eigenvalue weighted by molar-refractivity contribution is 0.411. The number of ether oxygens (including phenoxy) is 1. The van der Waals surface area contributed by atoms with Crippen LogP contribution in [0.2, 0.25) is 0 Å². The van der Waals surface area contributed by atoms with Crippen LogP contribution < -0.4 is 10.5 Å². The van der Waals surface area contributed by atoms with Gasteiger partial charge in [-0.2, -0.15) is 0 Å². The number of hydrogen-bond donors (Lipinski definition) is 1. The number of rotatable bonds is 3. The monoisotopic (exact) mass is 233 g/mol. The first-order valence-electron chi connectivity index (χ1n) is 5.16. The highest BCUT2D eigenvalue weighted by atomic mass is 32.1. The van der Waals surface area contributed by atoms with Crippen LogP contribution >= 0.6 is 11.3 Å². The smallest absolute Gasteiger partial charge is 0.134 e. The van der Waals surface area contributed by atoms with Crippen LogP contribution in [-0.2, 0) is 0 Å². The number of methoxy groups -OCH3 is 1. The van der Waals surface area contributed by atoms with Crippen molar-refractivity contribution in [2.45, 2.75) is 13.0 Å². The molecule has 84 valence electrons. The van der Waals surface area contributed by atoms with E-state index in [0.717, 1.165) is 16.2 Å². The molecule has 1 atom stereocenters. The lowest BCUT2D eigenvalue weighted by Gasteiger charge is -2.14. The van der Waals surface area contributed by atoms with Crippen LogP contribution in [0.5, 0.6) is 5.75 Å². The first-order valence-corrected chi connectivity index (χ1v) is 6.04. The summed E-state index contributed by atoms with van der Waals surface area (Å²) in [7, 11) is 1.68. The molecule has 2 N–H and O–H groups in total. The highest BCUT2D eigenvalue weighted by Crippen LogP contribution is 2.34. The van der Waals surface area contributed by atoms with Crippen molar-refractivity contribution in [2.24, 2.45) is 5.73 Å². The Morgan fingerprint density at radius 3 is 2.69 bits per heavy atom. The topological polar surface area (TPSA) is 35.2 Å². The van der Waals surface area contributed by atoms with Gasteiger partial charge < -0.3 is 10.5 Å². The minimum absolute atomic E-state index is 0.101. The van der Waals surface area contributed by atoms with E-state index in [-0.39, 0.29) is 6.04 Å². The largest absolute Gasteiger partial charge is 0.496 e. The predicted octanol–water partition coefficient (Wildman–Crippen LogP) is 3.11. The maximum atomic E-state index is 6.27. The van der Waals surface area contributed by atoms with Gasteiger partial charge in [0, 0.05) is 0 Å². The van der Waals surface area contributed by atoms with E-state index in [1.165, 1.54) is 5.56 Å². The SMILES string of the molecule is COc1ccsc1C(N)c1ccccc1C. The van der Waals surface area contributed by atoms with Crippen molar-refractivity contribution < 1.29 is 4.74 Å². The Morgan fingerprint density at radius 2 is 2.00 bits per heavy atom. The molecule has 0 spiro atoms. The molecule has 2 rings (SSSR count). The maximum absolute atomic E-state index is 6.27. The fraction of sp³-hybridized carbons (Fsp3) is 0.231. The molecular formula is C13H15NOS. The third kappa shape index (κ3) is 1.96.